The third-order valence-electron chi connectivity index (χ3n) is 3.52. The topological polar surface area (TPSA) is 43.8 Å². The van der Waals surface area contributed by atoms with Gasteiger partial charge in [-0.2, -0.15) is 0 Å². The summed E-state index contributed by atoms with van der Waals surface area (Å²) in [4.78, 5) is 16.2. The van der Waals surface area contributed by atoms with Crippen molar-refractivity contribution in [2.45, 2.75) is 19.9 Å². The summed E-state index contributed by atoms with van der Waals surface area (Å²) >= 11 is 0. The van der Waals surface area contributed by atoms with Crippen molar-refractivity contribution in [3.05, 3.63) is 29.6 Å². The van der Waals surface area contributed by atoms with Crippen LogP contribution in [0.2, 0.25) is 0 Å². The summed E-state index contributed by atoms with van der Waals surface area (Å²) in [7, 11) is 0. The highest BCUT2D eigenvalue weighted by atomic mass is 19.1. The summed E-state index contributed by atoms with van der Waals surface area (Å²) in [6, 6.07) is 3.90. The molecule has 1 aromatic carbocycles. The van der Waals surface area contributed by atoms with Crippen LogP contribution in [0.5, 0.6) is 5.75 Å². The van der Waals surface area contributed by atoms with Gasteiger partial charge in [-0.1, -0.05) is 0 Å². The van der Waals surface area contributed by atoms with Crippen molar-refractivity contribution in [2.75, 3.05) is 26.2 Å². The van der Waals surface area contributed by atoms with E-state index in [1.807, 2.05) is 0 Å². The number of rotatable bonds is 2. The van der Waals surface area contributed by atoms with Gasteiger partial charge in [-0.15, -0.1) is 0 Å². The molecule has 1 N–H and O–H groups in total. The monoisotopic (exact) mass is 266 g/mol. The molecule has 0 spiro atoms. The highest BCUT2D eigenvalue weighted by molar-refractivity contribution is 5.96. The van der Waals surface area contributed by atoms with E-state index in [2.05, 4.69) is 18.7 Å². The number of amides is 1. The molecule has 1 saturated heterocycles. The van der Waals surface area contributed by atoms with Gasteiger partial charge in [0.2, 0.25) is 0 Å². The molecule has 1 heterocycles. The van der Waals surface area contributed by atoms with Crippen molar-refractivity contribution in [2.24, 2.45) is 0 Å². The van der Waals surface area contributed by atoms with Crippen LogP contribution in [-0.2, 0) is 0 Å². The quantitative estimate of drug-likeness (QED) is 0.886. The van der Waals surface area contributed by atoms with Crippen molar-refractivity contribution in [3.8, 4) is 5.75 Å². The summed E-state index contributed by atoms with van der Waals surface area (Å²) < 4.78 is 13.2. The second-order valence-electron chi connectivity index (χ2n) is 5.08. The highest BCUT2D eigenvalue weighted by Gasteiger charge is 2.25. The smallest absolute Gasteiger partial charge is 0.257 e. The van der Waals surface area contributed by atoms with E-state index in [0.717, 1.165) is 25.2 Å². The molecule has 0 unspecified atom stereocenters. The molecule has 0 aromatic heterocycles. The van der Waals surface area contributed by atoms with Crippen LogP contribution < -0.4 is 0 Å². The first-order valence-electron chi connectivity index (χ1n) is 6.51. The normalized spacial score (nSPS) is 16.9. The molecule has 0 saturated carbocycles. The maximum Gasteiger partial charge on any atom is 0.257 e. The van der Waals surface area contributed by atoms with E-state index in [1.165, 1.54) is 6.07 Å². The van der Waals surface area contributed by atoms with E-state index < -0.39 is 5.82 Å². The van der Waals surface area contributed by atoms with E-state index in [-0.39, 0.29) is 17.2 Å². The fourth-order valence-electron chi connectivity index (χ4n) is 2.29. The number of phenols is 1. The minimum absolute atomic E-state index is 0.0398. The van der Waals surface area contributed by atoms with Gasteiger partial charge >= 0.3 is 0 Å². The maximum atomic E-state index is 13.2. The van der Waals surface area contributed by atoms with E-state index in [9.17, 15) is 14.3 Å². The predicted octanol–water partition coefficient (Wildman–Crippen LogP) is 1.70. The summed E-state index contributed by atoms with van der Waals surface area (Å²) in [5.74, 6) is -0.986. The standard InChI is InChI=1S/C14H19FN2O2/c1-10(2)16-5-7-17(8-6-16)14(19)12-9-11(15)3-4-13(12)18/h3-4,9-10,18H,5-8H2,1-2H3. The van der Waals surface area contributed by atoms with Gasteiger partial charge in [0.15, 0.2) is 0 Å². The lowest BCUT2D eigenvalue weighted by Gasteiger charge is -2.37. The Morgan fingerprint density at radius 1 is 1.26 bits per heavy atom. The number of hydrogen-bond donors (Lipinski definition) is 1. The first-order chi connectivity index (χ1) is 8.99. The SMILES string of the molecule is CC(C)N1CCN(C(=O)c2cc(F)ccc2O)CC1. The maximum absolute atomic E-state index is 13.2. The molecule has 104 valence electrons. The van der Waals surface area contributed by atoms with Crippen LogP contribution in [-0.4, -0.2) is 53.0 Å². The Hall–Kier alpha value is -1.62. The molecule has 1 aliphatic rings. The number of benzene rings is 1. The van der Waals surface area contributed by atoms with E-state index >= 15 is 0 Å². The molecule has 1 amide bonds. The van der Waals surface area contributed by atoms with Crippen molar-refractivity contribution < 1.29 is 14.3 Å². The van der Waals surface area contributed by atoms with Crippen LogP contribution in [0.3, 0.4) is 0 Å². The van der Waals surface area contributed by atoms with Gasteiger partial charge in [0, 0.05) is 32.2 Å². The zero-order chi connectivity index (χ0) is 14.0. The number of piperazine rings is 1. The van der Waals surface area contributed by atoms with Gasteiger partial charge in [-0.3, -0.25) is 9.69 Å². The molecule has 2 rings (SSSR count). The number of halogens is 1. The number of aromatic hydroxyl groups is 1. The fourth-order valence-corrected chi connectivity index (χ4v) is 2.29. The van der Waals surface area contributed by atoms with E-state index in [0.29, 0.717) is 19.1 Å². The van der Waals surface area contributed by atoms with Crippen LogP contribution in [0.25, 0.3) is 0 Å². The summed E-state index contributed by atoms with van der Waals surface area (Å²) in [6.07, 6.45) is 0. The van der Waals surface area contributed by atoms with Gasteiger partial charge in [0.05, 0.1) is 5.56 Å². The van der Waals surface area contributed by atoms with Gasteiger partial charge in [-0.05, 0) is 32.0 Å². The highest BCUT2D eigenvalue weighted by Crippen LogP contribution is 2.20. The molecule has 1 aromatic rings. The van der Waals surface area contributed by atoms with E-state index in [4.69, 9.17) is 0 Å². The van der Waals surface area contributed by atoms with Gasteiger partial charge < -0.3 is 10.0 Å². The molecular formula is C14H19FN2O2. The first kappa shape index (κ1) is 13.8. The third kappa shape index (κ3) is 3.04. The number of carbonyl (C=O) groups is 1. The molecular weight excluding hydrogens is 247 g/mol. The zero-order valence-electron chi connectivity index (χ0n) is 11.3. The number of hydrogen-bond acceptors (Lipinski definition) is 3. The van der Waals surface area contributed by atoms with Gasteiger partial charge in [0.25, 0.3) is 5.91 Å². The van der Waals surface area contributed by atoms with E-state index in [1.54, 1.807) is 4.90 Å². The Morgan fingerprint density at radius 2 is 1.89 bits per heavy atom. The van der Waals surface area contributed by atoms with Crippen molar-refractivity contribution in [1.82, 2.24) is 9.80 Å². The van der Waals surface area contributed by atoms with Crippen LogP contribution >= 0.6 is 0 Å². The second-order valence-corrected chi connectivity index (χ2v) is 5.08. The van der Waals surface area contributed by atoms with Crippen molar-refractivity contribution >= 4 is 5.91 Å². The minimum atomic E-state index is -0.512. The van der Waals surface area contributed by atoms with Crippen molar-refractivity contribution in [3.63, 3.8) is 0 Å². The molecule has 0 radical (unpaired) electrons. The second kappa shape index (κ2) is 5.57. The Kier molecular flexibility index (Phi) is 4.04. The molecule has 0 aliphatic carbocycles. The zero-order valence-corrected chi connectivity index (χ0v) is 11.3. The number of phenolic OH excluding ortho intramolecular Hbond substituents is 1. The average Bonchev–Trinajstić information content (AvgIpc) is 2.41. The molecule has 0 atom stereocenters. The molecule has 19 heavy (non-hydrogen) atoms. The first-order valence-corrected chi connectivity index (χ1v) is 6.51. The minimum Gasteiger partial charge on any atom is -0.507 e. The molecule has 4 nitrogen and oxygen atoms in total. The largest absolute Gasteiger partial charge is 0.507 e. The van der Waals surface area contributed by atoms with Gasteiger partial charge in [-0.25, -0.2) is 4.39 Å². The molecule has 1 aliphatic heterocycles. The Balaban J connectivity index is 2.07. The lowest BCUT2D eigenvalue weighted by molar-refractivity contribution is 0.0592. The lowest BCUT2D eigenvalue weighted by Crippen LogP contribution is -2.50. The lowest BCUT2D eigenvalue weighted by atomic mass is 10.1. The Bertz CT molecular complexity index is 469. The number of nitrogens with zero attached hydrogens (tertiary/aromatic N) is 2. The summed E-state index contributed by atoms with van der Waals surface area (Å²) in [5.41, 5.74) is 0.0398. The van der Waals surface area contributed by atoms with Crippen LogP contribution in [0, 0.1) is 5.82 Å². The predicted molar refractivity (Wildman–Crippen MR) is 70.7 cm³/mol. The average molecular weight is 266 g/mol. The fraction of sp³-hybridized carbons (Fsp3) is 0.500. The van der Waals surface area contributed by atoms with Crippen LogP contribution in [0.15, 0.2) is 18.2 Å². The Labute approximate surface area is 112 Å². The third-order valence-corrected chi connectivity index (χ3v) is 3.52. The molecule has 1 fully saturated rings. The van der Waals surface area contributed by atoms with Crippen molar-refractivity contribution in [1.29, 1.82) is 0 Å². The summed E-state index contributed by atoms with van der Waals surface area (Å²) in [5, 5.41) is 9.65. The summed E-state index contributed by atoms with van der Waals surface area (Å²) in [6.45, 7) is 7.06. The number of carbonyl (C=O) groups excluding carboxylic acids is 1. The Morgan fingerprint density at radius 3 is 2.47 bits per heavy atom. The van der Waals surface area contributed by atoms with Crippen LogP contribution in [0.4, 0.5) is 4.39 Å². The van der Waals surface area contributed by atoms with Gasteiger partial charge in [0.1, 0.15) is 11.6 Å². The molecule has 0 bridgehead atoms. The van der Waals surface area contributed by atoms with Crippen LogP contribution in [0.1, 0.15) is 24.2 Å². The molecule has 5 heteroatoms.